The molecule has 0 atom stereocenters. The van der Waals surface area contributed by atoms with Gasteiger partial charge in [0.05, 0.1) is 16.8 Å². The third-order valence-corrected chi connectivity index (χ3v) is 5.37. The molecule has 1 aliphatic carbocycles. The summed E-state index contributed by atoms with van der Waals surface area (Å²) in [6, 6.07) is 5.44. The van der Waals surface area contributed by atoms with E-state index in [-0.39, 0.29) is 12.0 Å². The second-order valence-electron chi connectivity index (χ2n) is 6.99. The minimum absolute atomic E-state index is 0.0341. The number of anilines is 1. The first-order valence-electron chi connectivity index (χ1n) is 9.19. The highest BCUT2D eigenvalue weighted by molar-refractivity contribution is 6.32. The zero-order valence-electron chi connectivity index (χ0n) is 15.6. The van der Waals surface area contributed by atoms with Crippen molar-refractivity contribution in [2.45, 2.75) is 58.5 Å². The summed E-state index contributed by atoms with van der Waals surface area (Å²) in [5.74, 6) is 0.659. The fourth-order valence-corrected chi connectivity index (χ4v) is 3.73. The lowest BCUT2D eigenvalue weighted by Crippen LogP contribution is -2.13. The van der Waals surface area contributed by atoms with Gasteiger partial charge >= 0.3 is 0 Å². The number of nitrogens with one attached hydrogen (secondary N) is 1. The van der Waals surface area contributed by atoms with Gasteiger partial charge < -0.3 is 10.1 Å². The molecule has 5 nitrogen and oxygen atoms in total. The smallest absolute Gasteiger partial charge is 0.224 e. The lowest BCUT2D eigenvalue weighted by Gasteiger charge is -2.15. The molecule has 1 aromatic carbocycles. The zero-order valence-corrected chi connectivity index (χ0v) is 16.4. The van der Waals surface area contributed by atoms with E-state index in [1.165, 1.54) is 12.8 Å². The first-order chi connectivity index (χ1) is 12.4. The highest BCUT2D eigenvalue weighted by Gasteiger charge is 2.18. The number of carbonyl (C=O) groups is 1. The molecule has 0 bridgehead atoms. The van der Waals surface area contributed by atoms with E-state index in [0.29, 0.717) is 29.3 Å². The SMILES string of the molecule is Cc1nn(C)c(C)c1CCC(=O)Nc1ccc(OC2CCCC2)c(Cl)c1. The first kappa shape index (κ1) is 18.8. The average Bonchev–Trinajstić information content (AvgIpc) is 3.18. The van der Waals surface area contributed by atoms with Crippen molar-refractivity contribution in [1.82, 2.24) is 9.78 Å². The van der Waals surface area contributed by atoms with Crippen LogP contribution in [-0.4, -0.2) is 21.8 Å². The molecule has 1 aromatic heterocycles. The number of ether oxygens (including phenoxy) is 1. The normalized spacial score (nSPS) is 14.6. The second-order valence-corrected chi connectivity index (χ2v) is 7.40. The van der Waals surface area contributed by atoms with Crippen LogP contribution < -0.4 is 10.1 Å². The molecule has 1 fully saturated rings. The lowest BCUT2D eigenvalue weighted by molar-refractivity contribution is -0.116. The maximum Gasteiger partial charge on any atom is 0.224 e. The summed E-state index contributed by atoms with van der Waals surface area (Å²) in [4.78, 5) is 12.3. The molecule has 2 aromatic rings. The van der Waals surface area contributed by atoms with Crippen molar-refractivity contribution in [2.75, 3.05) is 5.32 Å². The molecule has 26 heavy (non-hydrogen) atoms. The number of benzene rings is 1. The summed E-state index contributed by atoms with van der Waals surface area (Å²) in [6.45, 7) is 4.00. The van der Waals surface area contributed by atoms with E-state index in [2.05, 4.69) is 10.4 Å². The van der Waals surface area contributed by atoms with Gasteiger partial charge in [-0.15, -0.1) is 0 Å². The van der Waals surface area contributed by atoms with Gasteiger partial charge in [0, 0.05) is 24.8 Å². The number of aromatic nitrogens is 2. The molecular formula is C20H26ClN3O2. The van der Waals surface area contributed by atoms with Gasteiger partial charge in [-0.3, -0.25) is 9.48 Å². The van der Waals surface area contributed by atoms with E-state index in [9.17, 15) is 4.79 Å². The molecule has 0 radical (unpaired) electrons. The fourth-order valence-electron chi connectivity index (χ4n) is 3.50. The Morgan fingerprint density at radius 1 is 1.35 bits per heavy atom. The van der Waals surface area contributed by atoms with Crippen LogP contribution in [0.15, 0.2) is 18.2 Å². The molecule has 0 unspecified atom stereocenters. The molecule has 1 saturated carbocycles. The lowest BCUT2D eigenvalue weighted by atomic mass is 10.1. The van der Waals surface area contributed by atoms with Crippen LogP contribution in [0, 0.1) is 13.8 Å². The van der Waals surface area contributed by atoms with E-state index >= 15 is 0 Å². The summed E-state index contributed by atoms with van der Waals surface area (Å²) in [6.07, 6.45) is 5.95. The molecule has 3 rings (SSSR count). The number of nitrogens with zero attached hydrogens (tertiary/aromatic N) is 2. The van der Waals surface area contributed by atoms with Gasteiger partial charge in [-0.25, -0.2) is 0 Å². The van der Waals surface area contributed by atoms with Crippen molar-refractivity contribution in [1.29, 1.82) is 0 Å². The molecule has 1 heterocycles. The van der Waals surface area contributed by atoms with Crippen molar-refractivity contribution >= 4 is 23.2 Å². The highest BCUT2D eigenvalue weighted by atomic mass is 35.5. The summed E-state index contributed by atoms with van der Waals surface area (Å²) in [7, 11) is 1.92. The number of aryl methyl sites for hydroxylation is 2. The fraction of sp³-hybridized carbons (Fsp3) is 0.500. The van der Waals surface area contributed by atoms with Crippen LogP contribution in [0.25, 0.3) is 0 Å². The van der Waals surface area contributed by atoms with Gasteiger partial charge in [-0.1, -0.05) is 11.6 Å². The van der Waals surface area contributed by atoms with E-state index in [1.807, 2.05) is 37.7 Å². The molecule has 1 amide bonds. The van der Waals surface area contributed by atoms with Crippen LogP contribution in [-0.2, 0) is 18.3 Å². The Hall–Kier alpha value is -2.01. The standard InChI is InChI=1S/C20H26ClN3O2/c1-13-17(14(2)24(3)23-13)9-11-20(25)22-15-8-10-19(18(21)12-15)26-16-6-4-5-7-16/h8,10,12,16H,4-7,9,11H2,1-3H3,(H,22,25). The predicted molar refractivity (Wildman–Crippen MR) is 104 cm³/mol. The minimum atomic E-state index is -0.0341. The molecule has 0 saturated heterocycles. The monoisotopic (exact) mass is 375 g/mol. The van der Waals surface area contributed by atoms with Crippen molar-refractivity contribution in [3.63, 3.8) is 0 Å². The third kappa shape index (κ3) is 4.39. The Morgan fingerprint density at radius 2 is 2.08 bits per heavy atom. The predicted octanol–water partition coefficient (Wildman–Crippen LogP) is 4.58. The summed E-state index contributed by atoms with van der Waals surface area (Å²) >= 11 is 6.32. The zero-order chi connectivity index (χ0) is 18.7. The summed E-state index contributed by atoms with van der Waals surface area (Å²) < 4.78 is 7.80. The van der Waals surface area contributed by atoms with Crippen LogP contribution in [0.3, 0.4) is 0 Å². The van der Waals surface area contributed by atoms with Gasteiger partial charge in [-0.2, -0.15) is 5.10 Å². The van der Waals surface area contributed by atoms with Crippen molar-refractivity contribution < 1.29 is 9.53 Å². The second kappa shape index (κ2) is 8.12. The van der Waals surface area contributed by atoms with E-state index in [1.54, 1.807) is 6.07 Å². The number of rotatable bonds is 6. The average molecular weight is 376 g/mol. The van der Waals surface area contributed by atoms with Gasteiger partial charge in [-0.05, 0) is 69.7 Å². The quantitative estimate of drug-likeness (QED) is 0.803. The number of hydrogen-bond acceptors (Lipinski definition) is 3. The number of carbonyl (C=O) groups excluding carboxylic acids is 1. The van der Waals surface area contributed by atoms with Crippen LogP contribution in [0.5, 0.6) is 5.75 Å². The van der Waals surface area contributed by atoms with E-state index in [0.717, 1.165) is 29.8 Å². The molecule has 1 aliphatic rings. The Labute approximate surface area is 159 Å². The van der Waals surface area contributed by atoms with Gasteiger partial charge in [0.15, 0.2) is 0 Å². The van der Waals surface area contributed by atoms with E-state index < -0.39 is 0 Å². The molecule has 0 aliphatic heterocycles. The topological polar surface area (TPSA) is 56.2 Å². The summed E-state index contributed by atoms with van der Waals surface area (Å²) in [5.41, 5.74) is 3.92. The molecular weight excluding hydrogens is 350 g/mol. The first-order valence-corrected chi connectivity index (χ1v) is 9.57. The Morgan fingerprint density at radius 3 is 2.69 bits per heavy atom. The Balaban J connectivity index is 1.56. The van der Waals surface area contributed by atoms with Crippen molar-refractivity contribution in [3.8, 4) is 5.75 Å². The third-order valence-electron chi connectivity index (χ3n) is 5.07. The highest BCUT2D eigenvalue weighted by Crippen LogP contribution is 2.31. The number of amides is 1. The minimum Gasteiger partial charge on any atom is -0.489 e. The van der Waals surface area contributed by atoms with Crippen LogP contribution >= 0.6 is 11.6 Å². The Bertz CT molecular complexity index is 795. The van der Waals surface area contributed by atoms with Gasteiger partial charge in [0.25, 0.3) is 0 Å². The molecule has 0 spiro atoms. The maximum absolute atomic E-state index is 12.3. The molecule has 140 valence electrons. The van der Waals surface area contributed by atoms with Gasteiger partial charge in [0.1, 0.15) is 5.75 Å². The molecule has 6 heteroatoms. The largest absolute Gasteiger partial charge is 0.489 e. The van der Waals surface area contributed by atoms with E-state index in [4.69, 9.17) is 16.3 Å². The van der Waals surface area contributed by atoms with Crippen molar-refractivity contribution in [3.05, 3.63) is 40.2 Å². The van der Waals surface area contributed by atoms with Crippen LogP contribution in [0.2, 0.25) is 5.02 Å². The van der Waals surface area contributed by atoms with Crippen molar-refractivity contribution in [2.24, 2.45) is 7.05 Å². The Kier molecular flexibility index (Phi) is 5.87. The van der Waals surface area contributed by atoms with Crippen LogP contribution in [0.1, 0.15) is 49.1 Å². The number of halogens is 1. The number of hydrogen-bond donors (Lipinski definition) is 1. The van der Waals surface area contributed by atoms with Crippen LogP contribution in [0.4, 0.5) is 5.69 Å². The maximum atomic E-state index is 12.3. The summed E-state index contributed by atoms with van der Waals surface area (Å²) in [5, 5.41) is 7.84. The van der Waals surface area contributed by atoms with Gasteiger partial charge in [0.2, 0.25) is 5.91 Å². The molecule has 1 N–H and O–H groups in total.